The Bertz CT molecular complexity index is 382. The van der Waals surface area contributed by atoms with E-state index in [9.17, 15) is 4.79 Å². The van der Waals surface area contributed by atoms with Crippen LogP contribution in [0, 0.1) is 0 Å². The number of carbonyl (C=O) groups excluding carboxylic acids is 1. The molecular weight excluding hydrogens is 212 g/mol. The lowest BCUT2D eigenvalue weighted by Gasteiger charge is -2.12. The Labute approximate surface area is 103 Å². The zero-order valence-electron chi connectivity index (χ0n) is 10.5. The Balaban J connectivity index is 1.84. The second-order valence-corrected chi connectivity index (χ2v) is 4.73. The maximum atomic E-state index is 11.3. The summed E-state index contributed by atoms with van der Waals surface area (Å²) < 4.78 is 0. The molecule has 1 saturated carbocycles. The predicted octanol–water partition coefficient (Wildman–Crippen LogP) is 1.79. The second kappa shape index (κ2) is 5.32. The molecule has 17 heavy (non-hydrogen) atoms. The SMILES string of the molecule is CNC(=O)C(C)NCc1ccc(C2CC2)cc1. The van der Waals surface area contributed by atoms with Gasteiger partial charge in [-0.15, -0.1) is 0 Å². The number of rotatable bonds is 5. The van der Waals surface area contributed by atoms with E-state index in [1.165, 1.54) is 24.0 Å². The van der Waals surface area contributed by atoms with Gasteiger partial charge in [-0.05, 0) is 36.8 Å². The third-order valence-corrected chi connectivity index (χ3v) is 3.28. The third kappa shape index (κ3) is 3.30. The van der Waals surface area contributed by atoms with Gasteiger partial charge in [0.05, 0.1) is 6.04 Å². The molecule has 1 aliphatic carbocycles. The fraction of sp³-hybridized carbons (Fsp3) is 0.500. The molecular formula is C14H20N2O. The first kappa shape index (κ1) is 12.1. The van der Waals surface area contributed by atoms with Gasteiger partial charge in [0.25, 0.3) is 0 Å². The number of benzene rings is 1. The smallest absolute Gasteiger partial charge is 0.236 e. The number of nitrogens with one attached hydrogen (secondary N) is 2. The molecule has 2 rings (SSSR count). The molecule has 1 fully saturated rings. The van der Waals surface area contributed by atoms with Crippen LogP contribution in [0.3, 0.4) is 0 Å². The summed E-state index contributed by atoms with van der Waals surface area (Å²) in [7, 11) is 1.66. The van der Waals surface area contributed by atoms with E-state index in [1.807, 2.05) is 6.92 Å². The van der Waals surface area contributed by atoms with Crippen LogP contribution < -0.4 is 10.6 Å². The summed E-state index contributed by atoms with van der Waals surface area (Å²) in [6.45, 7) is 2.61. The van der Waals surface area contributed by atoms with Crippen LogP contribution in [-0.2, 0) is 11.3 Å². The molecule has 3 heteroatoms. The maximum absolute atomic E-state index is 11.3. The predicted molar refractivity (Wildman–Crippen MR) is 68.8 cm³/mol. The van der Waals surface area contributed by atoms with Gasteiger partial charge in [-0.1, -0.05) is 24.3 Å². The zero-order chi connectivity index (χ0) is 12.3. The standard InChI is InChI=1S/C14H20N2O/c1-10(14(17)15-2)16-9-11-3-5-12(6-4-11)13-7-8-13/h3-6,10,13,16H,7-9H2,1-2H3,(H,15,17). The first-order chi connectivity index (χ1) is 8.20. The highest BCUT2D eigenvalue weighted by Crippen LogP contribution is 2.39. The molecule has 1 aromatic rings. The molecule has 0 aromatic heterocycles. The minimum Gasteiger partial charge on any atom is -0.358 e. The minimum absolute atomic E-state index is 0.0274. The zero-order valence-corrected chi connectivity index (χ0v) is 10.5. The summed E-state index contributed by atoms with van der Waals surface area (Å²) in [5, 5.41) is 5.83. The summed E-state index contributed by atoms with van der Waals surface area (Å²) in [5.41, 5.74) is 2.68. The van der Waals surface area contributed by atoms with Crippen molar-refractivity contribution in [2.75, 3.05) is 7.05 Å². The van der Waals surface area contributed by atoms with E-state index >= 15 is 0 Å². The van der Waals surface area contributed by atoms with Crippen molar-refractivity contribution in [1.29, 1.82) is 0 Å². The van der Waals surface area contributed by atoms with Crippen molar-refractivity contribution in [3.05, 3.63) is 35.4 Å². The van der Waals surface area contributed by atoms with Crippen LogP contribution in [0.1, 0.15) is 36.8 Å². The normalized spacial score (nSPS) is 16.6. The van der Waals surface area contributed by atoms with E-state index in [0.29, 0.717) is 0 Å². The van der Waals surface area contributed by atoms with Crippen LogP contribution in [0.25, 0.3) is 0 Å². The van der Waals surface area contributed by atoms with E-state index in [2.05, 4.69) is 34.9 Å². The minimum atomic E-state index is -0.150. The summed E-state index contributed by atoms with van der Waals surface area (Å²) in [5.74, 6) is 0.835. The number of likely N-dealkylation sites (N-methyl/N-ethyl adjacent to an activating group) is 1. The molecule has 0 saturated heterocycles. The molecule has 1 atom stereocenters. The second-order valence-electron chi connectivity index (χ2n) is 4.73. The molecule has 1 aromatic carbocycles. The number of hydrogen-bond acceptors (Lipinski definition) is 2. The van der Waals surface area contributed by atoms with E-state index in [0.717, 1.165) is 12.5 Å². The first-order valence-corrected chi connectivity index (χ1v) is 6.24. The van der Waals surface area contributed by atoms with E-state index < -0.39 is 0 Å². The Hall–Kier alpha value is -1.35. The fourth-order valence-corrected chi connectivity index (χ4v) is 1.90. The monoisotopic (exact) mass is 232 g/mol. The topological polar surface area (TPSA) is 41.1 Å². The van der Waals surface area contributed by atoms with Gasteiger partial charge < -0.3 is 10.6 Å². The summed E-state index contributed by atoms with van der Waals surface area (Å²) >= 11 is 0. The van der Waals surface area contributed by atoms with Crippen molar-refractivity contribution in [3.63, 3.8) is 0 Å². The lowest BCUT2D eigenvalue weighted by atomic mass is 10.1. The van der Waals surface area contributed by atoms with Crippen molar-refractivity contribution < 1.29 is 4.79 Å². The highest BCUT2D eigenvalue weighted by Gasteiger charge is 2.22. The molecule has 1 aliphatic rings. The third-order valence-electron chi connectivity index (χ3n) is 3.28. The number of carbonyl (C=O) groups is 1. The molecule has 1 amide bonds. The van der Waals surface area contributed by atoms with Crippen LogP contribution in [0.4, 0.5) is 0 Å². The van der Waals surface area contributed by atoms with Gasteiger partial charge in [0, 0.05) is 13.6 Å². The van der Waals surface area contributed by atoms with Crippen LogP contribution in [-0.4, -0.2) is 19.0 Å². The largest absolute Gasteiger partial charge is 0.358 e. The van der Waals surface area contributed by atoms with Crippen LogP contribution in [0.5, 0.6) is 0 Å². The van der Waals surface area contributed by atoms with Crippen LogP contribution in [0.2, 0.25) is 0 Å². The highest BCUT2D eigenvalue weighted by molar-refractivity contribution is 5.80. The van der Waals surface area contributed by atoms with Crippen molar-refractivity contribution in [1.82, 2.24) is 10.6 Å². The van der Waals surface area contributed by atoms with Gasteiger partial charge in [-0.2, -0.15) is 0 Å². The average molecular weight is 232 g/mol. The van der Waals surface area contributed by atoms with Gasteiger partial charge >= 0.3 is 0 Å². The first-order valence-electron chi connectivity index (χ1n) is 6.24. The Morgan fingerprint density at radius 1 is 1.35 bits per heavy atom. The van der Waals surface area contributed by atoms with Gasteiger partial charge in [-0.25, -0.2) is 0 Å². The molecule has 0 bridgehead atoms. The van der Waals surface area contributed by atoms with Gasteiger partial charge in [-0.3, -0.25) is 4.79 Å². The molecule has 92 valence electrons. The quantitative estimate of drug-likeness (QED) is 0.812. The van der Waals surface area contributed by atoms with Crippen LogP contribution >= 0.6 is 0 Å². The average Bonchev–Trinajstić information content (AvgIpc) is 3.20. The Morgan fingerprint density at radius 2 is 2.00 bits per heavy atom. The van der Waals surface area contributed by atoms with Crippen LogP contribution in [0.15, 0.2) is 24.3 Å². The summed E-state index contributed by atoms with van der Waals surface area (Å²) in [4.78, 5) is 11.3. The van der Waals surface area contributed by atoms with Gasteiger partial charge in [0.1, 0.15) is 0 Å². The number of amides is 1. The Kier molecular flexibility index (Phi) is 3.79. The van der Waals surface area contributed by atoms with Gasteiger partial charge in [0.2, 0.25) is 5.91 Å². The molecule has 0 radical (unpaired) electrons. The van der Waals surface area contributed by atoms with Crippen molar-refractivity contribution >= 4 is 5.91 Å². The van der Waals surface area contributed by atoms with Crippen molar-refractivity contribution in [2.45, 2.75) is 38.3 Å². The van der Waals surface area contributed by atoms with Crippen molar-refractivity contribution in [2.24, 2.45) is 0 Å². The van der Waals surface area contributed by atoms with E-state index in [-0.39, 0.29) is 11.9 Å². The molecule has 0 heterocycles. The summed E-state index contributed by atoms with van der Waals surface area (Å²) in [6, 6.07) is 8.57. The van der Waals surface area contributed by atoms with E-state index in [1.54, 1.807) is 7.05 Å². The van der Waals surface area contributed by atoms with Gasteiger partial charge in [0.15, 0.2) is 0 Å². The summed E-state index contributed by atoms with van der Waals surface area (Å²) in [6.07, 6.45) is 2.68. The fourth-order valence-electron chi connectivity index (χ4n) is 1.90. The lowest BCUT2D eigenvalue weighted by molar-refractivity contribution is -0.122. The molecule has 0 spiro atoms. The molecule has 1 unspecified atom stereocenters. The molecule has 0 aliphatic heterocycles. The highest BCUT2D eigenvalue weighted by atomic mass is 16.2. The van der Waals surface area contributed by atoms with Crippen molar-refractivity contribution in [3.8, 4) is 0 Å². The molecule has 2 N–H and O–H groups in total. The Morgan fingerprint density at radius 3 is 2.53 bits per heavy atom. The number of hydrogen-bond donors (Lipinski definition) is 2. The maximum Gasteiger partial charge on any atom is 0.236 e. The molecule has 3 nitrogen and oxygen atoms in total. The van der Waals surface area contributed by atoms with E-state index in [4.69, 9.17) is 0 Å². The lowest BCUT2D eigenvalue weighted by Crippen LogP contribution is -2.40.